The lowest BCUT2D eigenvalue weighted by Crippen LogP contribution is -2.27. The summed E-state index contributed by atoms with van der Waals surface area (Å²) in [4.78, 5) is 15.1. The summed E-state index contributed by atoms with van der Waals surface area (Å²) < 4.78 is 5.73. The molecule has 0 saturated heterocycles. The van der Waals surface area contributed by atoms with Gasteiger partial charge in [0, 0.05) is 11.8 Å². The van der Waals surface area contributed by atoms with E-state index in [1.165, 1.54) is 0 Å². The number of hydrogen-bond acceptors (Lipinski definition) is 3. The topological polar surface area (TPSA) is 54.1 Å². The molecule has 0 spiro atoms. The number of H-pyrrole nitrogens is 1. The Bertz CT molecular complexity index is 667. The Morgan fingerprint density at radius 1 is 1.30 bits per heavy atom. The van der Waals surface area contributed by atoms with Crippen LogP contribution in [-0.4, -0.2) is 18.0 Å². The third kappa shape index (κ3) is 3.05. The fourth-order valence-electron chi connectivity index (χ4n) is 1.98. The summed E-state index contributed by atoms with van der Waals surface area (Å²) in [6.07, 6.45) is 1.70. The van der Waals surface area contributed by atoms with Crippen molar-refractivity contribution in [1.82, 2.24) is 10.3 Å². The van der Waals surface area contributed by atoms with E-state index < -0.39 is 0 Å². The van der Waals surface area contributed by atoms with Gasteiger partial charge in [-0.05, 0) is 25.1 Å². The summed E-state index contributed by atoms with van der Waals surface area (Å²) in [7, 11) is 1.61. The minimum atomic E-state index is -0.203. The van der Waals surface area contributed by atoms with Gasteiger partial charge in [0.05, 0.1) is 18.7 Å². The molecule has 1 aromatic heterocycles. The average molecular weight is 288 g/mol. The van der Waals surface area contributed by atoms with Gasteiger partial charge in [0.15, 0.2) is 0 Å². The summed E-state index contributed by atoms with van der Waals surface area (Å²) >= 11 is 5.11. The first-order valence-corrected chi connectivity index (χ1v) is 6.65. The largest absolute Gasteiger partial charge is 0.496 e. The van der Waals surface area contributed by atoms with Crippen LogP contribution in [0.1, 0.15) is 28.9 Å². The van der Waals surface area contributed by atoms with E-state index in [2.05, 4.69) is 10.3 Å². The Kier molecular flexibility index (Phi) is 4.53. The highest BCUT2D eigenvalue weighted by Crippen LogP contribution is 2.24. The molecule has 20 heavy (non-hydrogen) atoms. The van der Waals surface area contributed by atoms with Crippen LogP contribution < -0.4 is 10.1 Å². The first-order valence-electron chi connectivity index (χ1n) is 6.25. The molecule has 0 aliphatic heterocycles. The highest BCUT2D eigenvalue weighted by molar-refractivity contribution is 7.71. The zero-order chi connectivity index (χ0) is 14.5. The molecule has 0 radical (unpaired) electrons. The minimum Gasteiger partial charge on any atom is -0.496 e. The molecule has 1 atom stereocenters. The van der Waals surface area contributed by atoms with Crippen molar-refractivity contribution in [1.29, 1.82) is 0 Å². The number of rotatable bonds is 4. The van der Waals surface area contributed by atoms with Gasteiger partial charge in [0.25, 0.3) is 5.91 Å². The van der Waals surface area contributed by atoms with Crippen molar-refractivity contribution in [3.05, 3.63) is 58.4 Å². The molecule has 2 N–H and O–H groups in total. The van der Waals surface area contributed by atoms with Crippen molar-refractivity contribution >= 4 is 18.1 Å². The molecule has 1 heterocycles. The number of amides is 1. The molecule has 5 heteroatoms. The Labute approximate surface area is 122 Å². The summed E-state index contributed by atoms with van der Waals surface area (Å²) in [5.74, 6) is 0.545. The second kappa shape index (κ2) is 6.34. The first kappa shape index (κ1) is 14.3. The van der Waals surface area contributed by atoms with Gasteiger partial charge in [-0.15, -0.1) is 0 Å². The lowest BCUT2D eigenvalue weighted by Gasteiger charge is -2.17. The van der Waals surface area contributed by atoms with Gasteiger partial charge in [-0.2, -0.15) is 0 Å². The van der Waals surface area contributed by atoms with Crippen molar-refractivity contribution in [2.24, 2.45) is 0 Å². The summed E-state index contributed by atoms with van der Waals surface area (Å²) in [6, 6.07) is 10.9. The van der Waals surface area contributed by atoms with Crippen LogP contribution >= 0.6 is 12.2 Å². The number of benzene rings is 1. The van der Waals surface area contributed by atoms with Crippen molar-refractivity contribution in [2.45, 2.75) is 13.0 Å². The van der Waals surface area contributed by atoms with Crippen LogP contribution in [-0.2, 0) is 0 Å². The van der Waals surface area contributed by atoms with Gasteiger partial charge in [0.1, 0.15) is 10.4 Å². The fraction of sp³-hybridized carbons (Fsp3) is 0.200. The van der Waals surface area contributed by atoms with E-state index in [9.17, 15) is 4.79 Å². The summed E-state index contributed by atoms with van der Waals surface area (Å²) in [6.45, 7) is 1.91. The number of aromatic amines is 1. The molecule has 1 aromatic carbocycles. The predicted octanol–water partition coefficient (Wildman–Crippen LogP) is 3.24. The van der Waals surface area contributed by atoms with Gasteiger partial charge in [0.2, 0.25) is 0 Å². The zero-order valence-electron chi connectivity index (χ0n) is 11.3. The maximum atomic E-state index is 12.2. The van der Waals surface area contributed by atoms with E-state index in [4.69, 9.17) is 17.0 Å². The quantitative estimate of drug-likeness (QED) is 0.849. The molecule has 1 unspecified atom stereocenters. The number of nitrogens with one attached hydrogen (secondary N) is 2. The van der Waals surface area contributed by atoms with E-state index in [0.29, 0.717) is 10.2 Å². The predicted molar refractivity (Wildman–Crippen MR) is 80.5 cm³/mol. The van der Waals surface area contributed by atoms with Crippen LogP contribution in [0.2, 0.25) is 0 Å². The van der Waals surface area contributed by atoms with Crippen LogP contribution in [0, 0.1) is 4.64 Å². The van der Waals surface area contributed by atoms with Gasteiger partial charge in [-0.1, -0.05) is 30.4 Å². The van der Waals surface area contributed by atoms with Crippen molar-refractivity contribution in [3.8, 4) is 5.75 Å². The molecule has 1 amide bonds. The SMILES string of the molecule is COc1ccccc1C(C)NC(=O)c1ccc[nH]c1=S. The molecule has 0 saturated carbocycles. The number of aromatic nitrogens is 1. The Hall–Kier alpha value is -2.14. The molecular formula is C15H16N2O2S. The van der Waals surface area contributed by atoms with E-state index >= 15 is 0 Å². The number of methoxy groups -OCH3 is 1. The number of carbonyl (C=O) groups excluding carboxylic acids is 1. The molecule has 0 aliphatic rings. The molecule has 4 nitrogen and oxygen atoms in total. The average Bonchev–Trinajstić information content (AvgIpc) is 2.47. The van der Waals surface area contributed by atoms with Crippen molar-refractivity contribution < 1.29 is 9.53 Å². The number of para-hydroxylation sites is 1. The lowest BCUT2D eigenvalue weighted by molar-refractivity contribution is 0.0938. The van der Waals surface area contributed by atoms with Gasteiger partial charge >= 0.3 is 0 Å². The smallest absolute Gasteiger partial charge is 0.254 e. The Morgan fingerprint density at radius 3 is 2.75 bits per heavy atom. The number of pyridine rings is 1. The van der Waals surface area contributed by atoms with Gasteiger partial charge in [-0.25, -0.2) is 0 Å². The van der Waals surface area contributed by atoms with Crippen LogP contribution in [0.4, 0.5) is 0 Å². The summed E-state index contributed by atoms with van der Waals surface area (Å²) in [5, 5.41) is 2.92. The van der Waals surface area contributed by atoms with Crippen LogP contribution in [0.5, 0.6) is 5.75 Å². The van der Waals surface area contributed by atoms with Crippen molar-refractivity contribution in [2.75, 3.05) is 7.11 Å². The maximum Gasteiger partial charge on any atom is 0.254 e. The fourth-order valence-corrected chi connectivity index (χ4v) is 2.21. The molecule has 104 valence electrons. The second-order valence-corrected chi connectivity index (χ2v) is 4.76. The third-order valence-corrected chi connectivity index (χ3v) is 3.35. The second-order valence-electron chi connectivity index (χ2n) is 4.35. The molecule has 0 bridgehead atoms. The van der Waals surface area contributed by atoms with E-state index in [1.54, 1.807) is 25.4 Å². The summed E-state index contributed by atoms with van der Waals surface area (Å²) in [5.41, 5.74) is 1.39. The standard InChI is InChI=1S/C15H16N2O2S/c1-10(11-6-3-4-8-13(11)19-2)17-14(18)12-7-5-9-16-15(12)20/h3-10H,1-2H3,(H,16,20)(H,17,18). The number of carbonyl (C=O) groups is 1. The molecule has 2 aromatic rings. The third-order valence-electron chi connectivity index (χ3n) is 3.02. The van der Waals surface area contributed by atoms with Gasteiger partial charge < -0.3 is 15.0 Å². The highest BCUT2D eigenvalue weighted by Gasteiger charge is 2.15. The van der Waals surface area contributed by atoms with Crippen LogP contribution in [0.15, 0.2) is 42.6 Å². The maximum absolute atomic E-state index is 12.2. The van der Waals surface area contributed by atoms with Crippen molar-refractivity contribution in [3.63, 3.8) is 0 Å². The van der Waals surface area contributed by atoms with E-state index in [-0.39, 0.29) is 11.9 Å². The Morgan fingerprint density at radius 2 is 2.05 bits per heavy atom. The van der Waals surface area contributed by atoms with Crippen LogP contribution in [0.3, 0.4) is 0 Å². The molecule has 0 aliphatic carbocycles. The minimum absolute atomic E-state index is 0.173. The Balaban J connectivity index is 2.20. The zero-order valence-corrected chi connectivity index (χ0v) is 12.2. The van der Waals surface area contributed by atoms with Gasteiger partial charge in [-0.3, -0.25) is 4.79 Å². The lowest BCUT2D eigenvalue weighted by atomic mass is 10.1. The molecule has 2 rings (SSSR count). The highest BCUT2D eigenvalue weighted by atomic mass is 32.1. The number of hydrogen-bond donors (Lipinski definition) is 2. The monoisotopic (exact) mass is 288 g/mol. The first-order chi connectivity index (χ1) is 9.63. The van der Waals surface area contributed by atoms with E-state index in [1.807, 2.05) is 31.2 Å². The normalized spacial score (nSPS) is 11.7. The van der Waals surface area contributed by atoms with E-state index in [0.717, 1.165) is 11.3 Å². The van der Waals surface area contributed by atoms with Crippen LogP contribution in [0.25, 0.3) is 0 Å². The molecule has 0 fully saturated rings. The molecular weight excluding hydrogens is 272 g/mol. The number of ether oxygens (including phenoxy) is 1.